The third kappa shape index (κ3) is 2.00. The molecule has 2 heterocycles. The molecule has 0 unspecified atom stereocenters. The SMILES string of the molecule is O=C(CN1CC[C@@H](O)C1)N1CCC1. The van der Waals surface area contributed by atoms with Gasteiger partial charge in [0.1, 0.15) is 0 Å². The average molecular weight is 184 g/mol. The molecule has 74 valence electrons. The number of likely N-dealkylation sites (tertiary alicyclic amines) is 2. The van der Waals surface area contributed by atoms with Gasteiger partial charge < -0.3 is 10.0 Å². The molecule has 13 heavy (non-hydrogen) atoms. The van der Waals surface area contributed by atoms with Gasteiger partial charge in [0.05, 0.1) is 12.6 Å². The Morgan fingerprint density at radius 1 is 1.38 bits per heavy atom. The second kappa shape index (κ2) is 3.64. The zero-order valence-electron chi connectivity index (χ0n) is 7.78. The molecule has 0 aliphatic carbocycles. The van der Waals surface area contributed by atoms with Crippen LogP contribution >= 0.6 is 0 Å². The van der Waals surface area contributed by atoms with E-state index in [1.54, 1.807) is 0 Å². The Balaban J connectivity index is 1.74. The van der Waals surface area contributed by atoms with Crippen LogP contribution in [-0.2, 0) is 4.79 Å². The van der Waals surface area contributed by atoms with Crippen molar-refractivity contribution >= 4 is 5.91 Å². The molecule has 0 spiro atoms. The second-order valence-corrected chi connectivity index (χ2v) is 3.91. The predicted molar refractivity (Wildman–Crippen MR) is 48.3 cm³/mol. The molecule has 1 N–H and O–H groups in total. The Hall–Kier alpha value is -0.610. The number of β-amino-alcohol motifs (C(OH)–C–C–N with tert-alkyl or cyclic N) is 1. The van der Waals surface area contributed by atoms with Crippen LogP contribution in [0.2, 0.25) is 0 Å². The van der Waals surface area contributed by atoms with Crippen LogP contribution in [0.4, 0.5) is 0 Å². The smallest absolute Gasteiger partial charge is 0.236 e. The van der Waals surface area contributed by atoms with Crippen LogP contribution in [0.3, 0.4) is 0 Å². The van der Waals surface area contributed by atoms with Crippen molar-refractivity contribution in [2.24, 2.45) is 0 Å². The van der Waals surface area contributed by atoms with E-state index in [4.69, 9.17) is 0 Å². The lowest BCUT2D eigenvalue weighted by Crippen LogP contribution is -2.46. The first-order chi connectivity index (χ1) is 6.25. The summed E-state index contributed by atoms with van der Waals surface area (Å²) in [4.78, 5) is 15.4. The maximum atomic E-state index is 11.5. The standard InChI is InChI=1S/C9H16N2O2/c12-8-2-5-10(6-8)7-9(13)11-3-1-4-11/h8,12H,1-7H2/t8-/m1/s1. The molecule has 1 amide bonds. The Morgan fingerprint density at radius 2 is 2.15 bits per heavy atom. The van der Waals surface area contributed by atoms with Gasteiger partial charge in [0.15, 0.2) is 0 Å². The van der Waals surface area contributed by atoms with Crippen LogP contribution in [0.1, 0.15) is 12.8 Å². The minimum atomic E-state index is -0.218. The molecular weight excluding hydrogens is 168 g/mol. The molecule has 2 rings (SSSR count). The van der Waals surface area contributed by atoms with Gasteiger partial charge in [0.25, 0.3) is 0 Å². The molecule has 1 atom stereocenters. The Morgan fingerprint density at radius 3 is 2.62 bits per heavy atom. The van der Waals surface area contributed by atoms with Crippen molar-refractivity contribution in [1.29, 1.82) is 0 Å². The lowest BCUT2D eigenvalue weighted by molar-refractivity contribution is -0.135. The fourth-order valence-corrected chi connectivity index (χ4v) is 1.81. The molecule has 2 saturated heterocycles. The normalized spacial score (nSPS) is 29.0. The van der Waals surface area contributed by atoms with E-state index >= 15 is 0 Å². The highest BCUT2D eigenvalue weighted by atomic mass is 16.3. The monoisotopic (exact) mass is 184 g/mol. The van der Waals surface area contributed by atoms with E-state index < -0.39 is 0 Å². The van der Waals surface area contributed by atoms with Crippen molar-refractivity contribution in [1.82, 2.24) is 9.80 Å². The number of aliphatic hydroxyl groups is 1. The minimum absolute atomic E-state index is 0.218. The molecule has 4 nitrogen and oxygen atoms in total. The van der Waals surface area contributed by atoms with Crippen LogP contribution in [0.15, 0.2) is 0 Å². The van der Waals surface area contributed by atoms with Gasteiger partial charge in [-0.25, -0.2) is 0 Å². The van der Waals surface area contributed by atoms with Gasteiger partial charge in [-0.2, -0.15) is 0 Å². The average Bonchev–Trinajstić information content (AvgIpc) is 2.31. The Labute approximate surface area is 78.1 Å². The minimum Gasteiger partial charge on any atom is -0.392 e. The molecule has 2 aliphatic rings. The van der Waals surface area contributed by atoms with E-state index in [1.807, 2.05) is 9.80 Å². The van der Waals surface area contributed by atoms with Gasteiger partial charge in [-0.05, 0) is 12.8 Å². The maximum absolute atomic E-state index is 11.5. The largest absolute Gasteiger partial charge is 0.392 e. The first-order valence-corrected chi connectivity index (χ1v) is 4.94. The number of rotatable bonds is 2. The van der Waals surface area contributed by atoms with Gasteiger partial charge >= 0.3 is 0 Å². The van der Waals surface area contributed by atoms with Gasteiger partial charge in [-0.3, -0.25) is 9.69 Å². The molecule has 0 aromatic heterocycles. The molecule has 4 heteroatoms. The van der Waals surface area contributed by atoms with Crippen molar-refractivity contribution in [3.8, 4) is 0 Å². The topological polar surface area (TPSA) is 43.8 Å². The van der Waals surface area contributed by atoms with Crippen molar-refractivity contribution in [2.75, 3.05) is 32.7 Å². The highest BCUT2D eigenvalue weighted by Crippen LogP contribution is 2.11. The first kappa shape index (κ1) is 8.97. The summed E-state index contributed by atoms with van der Waals surface area (Å²) in [5.41, 5.74) is 0. The Kier molecular flexibility index (Phi) is 2.51. The van der Waals surface area contributed by atoms with E-state index in [1.165, 1.54) is 0 Å². The summed E-state index contributed by atoms with van der Waals surface area (Å²) in [6, 6.07) is 0. The number of carbonyl (C=O) groups excluding carboxylic acids is 1. The fraction of sp³-hybridized carbons (Fsp3) is 0.889. The first-order valence-electron chi connectivity index (χ1n) is 4.94. The second-order valence-electron chi connectivity index (χ2n) is 3.91. The van der Waals surface area contributed by atoms with E-state index in [-0.39, 0.29) is 12.0 Å². The summed E-state index contributed by atoms with van der Waals surface area (Å²) in [6.07, 6.45) is 1.74. The summed E-state index contributed by atoms with van der Waals surface area (Å²) < 4.78 is 0. The van der Waals surface area contributed by atoms with Crippen LogP contribution < -0.4 is 0 Å². The van der Waals surface area contributed by atoms with Crippen molar-refractivity contribution < 1.29 is 9.90 Å². The maximum Gasteiger partial charge on any atom is 0.236 e. The van der Waals surface area contributed by atoms with Gasteiger partial charge in [-0.15, -0.1) is 0 Å². The summed E-state index contributed by atoms with van der Waals surface area (Å²) in [7, 11) is 0. The zero-order chi connectivity index (χ0) is 9.26. The van der Waals surface area contributed by atoms with Crippen LogP contribution in [0, 0.1) is 0 Å². The summed E-state index contributed by atoms with van der Waals surface area (Å²) in [5, 5.41) is 9.26. The molecule has 2 fully saturated rings. The van der Waals surface area contributed by atoms with Crippen molar-refractivity contribution in [3.05, 3.63) is 0 Å². The molecular formula is C9H16N2O2. The van der Waals surface area contributed by atoms with Gasteiger partial charge in [0.2, 0.25) is 5.91 Å². The summed E-state index contributed by atoms with van der Waals surface area (Å²) >= 11 is 0. The number of nitrogens with zero attached hydrogens (tertiary/aromatic N) is 2. The number of aliphatic hydroxyl groups excluding tert-OH is 1. The number of hydrogen-bond acceptors (Lipinski definition) is 3. The number of carbonyl (C=O) groups is 1. The molecule has 2 aliphatic heterocycles. The number of hydrogen-bond donors (Lipinski definition) is 1. The predicted octanol–water partition coefficient (Wildman–Crippen LogP) is -0.715. The fourth-order valence-electron chi connectivity index (χ4n) is 1.81. The lowest BCUT2D eigenvalue weighted by Gasteiger charge is -2.32. The summed E-state index contributed by atoms with van der Waals surface area (Å²) in [5.74, 6) is 0.223. The van der Waals surface area contributed by atoms with Gasteiger partial charge in [-0.1, -0.05) is 0 Å². The third-order valence-electron chi connectivity index (χ3n) is 2.82. The molecule has 0 radical (unpaired) electrons. The Bertz CT molecular complexity index is 204. The lowest BCUT2D eigenvalue weighted by atomic mass is 10.2. The van der Waals surface area contributed by atoms with Crippen molar-refractivity contribution in [3.63, 3.8) is 0 Å². The van der Waals surface area contributed by atoms with E-state index in [9.17, 15) is 9.90 Å². The quantitative estimate of drug-likeness (QED) is 0.616. The molecule has 0 saturated carbocycles. The van der Waals surface area contributed by atoms with E-state index in [0.717, 1.165) is 32.5 Å². The van der Waals surface area contributed by atoms with Crippen molar-refractivity contribution in [2.45, 2.75) is 18.9 Å². The zero-order valence-corrected chi connectivity index (χ0v) is 7.78. The van der Waals surface area contributed by atoms with Crippen LogP contribution in [0.25, 0.3) is 0 Å². The van der Waals surface area contributed by atoms with Crippen LogP contribution in [-0.4, -0.2) is 59.6 Å². The molecule has 0 bridgehead atoms. The molecule has 0 aromatic carbocycles. The van der Waals surface area contributed by atoms with E-state index in [0.29, 0.717) is 13.1 Å². The third-order valence-corrected chi connectivity index (χ3v) is 2.82. The highest BCUT2D eigenvalue weighted by molar-refractivity contribution is 5.78. The van der Waals surface area contributed by atoms with Crippen LogP contribution in [0.5, 0.6) is 0 Å². The van der Waals surface area contributed by atoms with E-state index in [2.05, 4.69) is 0 Å². The molecule has 0 aromatic rings. The van der Waals surface area contributed by atoms with Gasteiger partial charge in [0, 0.05) is 26.2 Å². The number of amides is 1. The summed E-state index contributed by atoms with van der Waals surface area (Å²) in [6.45, 7) is 3.88. The highest BCUT2D eigenvalue weighted by Gasteiger charge is 2.26.